The van der Waals surface area contributed by atoms with Crippen LogP contribution in [0.3, 0.4) is 0 Å². The van der Waals surface area contributed by atoms with Gasteiger partial charge in [-0.05, 0) is 47.7 Å². The van der Waals surface area contributed by atoms with Crippen LogP contribution in [-0.4, -0.2) is 9.55 Å². The summed E-state index contributed by atoms with van der Waals surface area (Å²) in [5, 5.41) is -0.261. The molecule has 3 rings (SSSR count). The highest BCUT2D eigenvalue weighted by Gasteiger charge is 2.17. The lowest BCUT2D eigenvalue weighted by atomic mass is 10.2. The van der Waals surface area contributed by atoms with Gasteiger partial charge in [-0.3, -0.25) is 4.57 Å². The molecule has 1 unspecified atom stereocenters. The number of hydrogen-bond donors (Lipinski definition) is 0. The van der Waals surface area contributed by atoms with Crippen LogP contribution in [0.4, 0.5) is 4.39 Å². The van der Waals surface area contributed by atoms with Crippen molar-refractivity contribution in [1.29, 1.82) is 0 Å². The van der Waals surface area contributed by atoms with Crippen LogP contribution >= 0.6 is 34.2 Å². The fourth-order valence-electron chi connectivity index (χ4n) is 2.21. The number of aromatic nitrogens is 2. The van der Waals surface area contributed by atoms with Crippen molar-refractivity contribution in [3.8, 4) is 5.69 Å². The SMILES string of the molecule is CC(Cl)c1nc2cc(I)c(F)cc2n1-c1ccccc1. The van der Waals surface area contributed by atoms with Gasteiger partial charge in [0.2, 0.25) is 0 Å². The summed E-state index contributed by atoms with van der Waals surface area (Å²) in [7, 11) is 0. The third-order valence-corrected chi connectivity index (χ3v) is 4.11. The third-order valence-electron chi connectivity index (χ3n) is 3.09. The smallest absolute Gasteiger partial charge is 0.138 e. The molecule has 5 heteroatoms. The Hall–Kier alpha value is -1.14. The van der Waals surface area contributed by atoms with E-state index in [-0.39, 0.29) is 11.2 Å². The second-order valence-electron chi connectivity index (χ2n) is 4.51. The Morgan fingerprint density at radius 3 is 2.60 bits per heavy atom. The predicted molar refractivity (Wildman–Crippen MR) is 88.0 cm³/mol. The van der Waals surface area contributed by atoms with E-state index in [4.69, 9.17) is 11.6 Å². The summed E-state index contributed by atoms with van der Waals surface area (Å²) in [6.45, 7) is 1.86. The van der Waals surface area contributed by atoms with Gasteiger partial charge in [0.1, 0.15) is 11.6 Å². The summed E-state index contributed by atoms with van der Waals surface area (Å²) < 4.78 is 16.3. The number of halogens is 3. The Morgan fingerprint density at radius 1 is 1.25 bits per heavy atom. The minimum Gasteiger partial charge on any atom is -0.295 e. The summed E-state index contributed by atoms with van der Waals surface area (Å²) in [4.78, 5) is 4.55. The molecule has 102 valence electrons. The van der Waals surface area contributed by atoms with Gasteiger partial charge in [0.05, 0.1) is 20.0 Å². The second kappa shape index (κ2) is 5.33. The maximum Gasteiger partial charge on any atom is 0.138 e. The molecule has 0 amide bonds. The van der Waals surface area contributed by atoms with Gasteiger partial charge in [0, 0.05) is 11.8 Å². The van der Waals surface area contributed by atoms with Gasteiger partial charge in [0.25, 0.3) is 0 Å². The molecule has 3 aromatic rings. The van der Waals surface area contributed by atoms with Crippen molar-refractivity contribution < 1.29 is 4.39 Å². The Bertz CT molecular complexity index is 768. The minimum absolute atomic E-state index is 0.246. The molecule has 0 spiro atoms. The van der Waals surface area contributed by atoms with Crippen LogP contribution < -0.4 is 0 Å². The number of rotatable bonds is 2. The zero-order valence-corrected chi connectivity index (χ0v) is 13.6. The van der Waals surface area contributed by atoms with Crippen LogP contribution in [0.15, 0.2) is 42.5 Å². The first-order chi connectivity index (χ1) is 9.58. The lowest BCUT2D eigenvalue weighted by Gasteiger charge is -2.10. The minimum atomic E-state index is -0.261. The molecule has 0 aliphatic heterocycles. The molecule has 0 aliphatic rings. The zero-order chi connectivity index (χ0) is 14.3. The van der Waals surface area contributed by atoms with Crippen LogP contribution in [0.25, 0.3) is 16.7 Å². The predicted octanol–water partition coefficient (Wildman–Crippen LogP) is 5.07. The van der Waals surface area contributed by atoms with Gasteiger partial charge in [-0.25, -0.2) is 9.37 Å². The van der Waals surface area contributed by atoms with Gasteiger partial charge >= 0.3 is 0 Å². The number of para-hydroxylation sites is 1. The van der Waals surface area contributed by atoms with E-state index in [0.29, 0.717) is 9.39 Å². The highest BCUT2D eigenvalue weighted by molar-refractivity contribution is 14.1. The van der Waals surface area contributed by atoms with Crippen LogP contribution in [0.5, 0.6) is 0 Å². The van der Waals surface area contributed by atoms with Crippen molar-refractivity contribution in [2.45, 2.75) is 12.3 Å². The van der Waals surface area contributed by atoms with E-state index in [1.165, 1.54) is 6.07 Å². The van der Waals surface area contributed by atoms with Gasteiger partial charge in [-0.15, -0.1) is 11.6 Å². The highest BCUT2D eigenvalue weighted by Crippen LogP contribution is 2.29. The van der Waals surface area contributed by atoms with E-state index in [1.807, 2.05) is 64.4 Å². The van der Waals surface area contributed by atoms with Crippen LogP contribution in [0, 0.1) is 9.39 Å². The van der Waals surface area contributed by atoms with Crippen molar-refractivity contribution >= 4 is 45.2 Å². The molecular weight excluding hydrogens is 390 g/mol. The van der Waals surface area contributed by atoms with Gasteiger partial charge in [0.15, 0.2) is 0 Å². The molecule has 0 aliphatic carbocycles. The van der Waals surface area contributed by atoms with Crippen LogP contribution in [-0.2, 0) is 0 Å². The van der Waals surface area contributed by atoms with E-state index in [0.717, 1.165) is 16.7 Å². The maximum atomic E-state index is 13.9. The van der Waals surface area contributed by atoms with Crippen molar-refractivity contribution in [3.05, 3.63) is 57.7 Å². The Labute approximate surface area is 134 Å². The van der Waals surface area contributed by atoms with E-state index in [1.54, 1.807) is 6.07 Å². The molecule has 20 heavy (non-hydrogen) atoms. The summed E-state index contributed by atoms with van der Waals surface area (Å²) >= 11 is 8.20. The average Bonchev–Trinajstić information content (AvgIpc) is 2.79. The van der Waals surface area contributed by atoms with E-state index in [2.05, 4.69) is 4.98 Å². The molecule has 0 bridgehead atoms. The number of benzene rings is 2. The first kappa shape index (κ1) is 13.8. The summed E-state index contributed by atoms with van der Waals surface area (Å²) in [5.74, 6) is 0.471. The molecule has 2 aromatic carbocycles. The van der Waals surface area contributed by atoms with E-state index >= 15 is 0 Å². The molecule has 1 aromatic heterocycles. The molecule has 2 nitrogen and oxygen atoms in total. The van der Waals surface area contributed by atoms with Crippen LogP contribution in [0.1, 0.15) is 18.1 Å². The first-order valence-electron chi connectivity index (χ1n) is 6.15. The summed E-state index contributed by atoms with van der Waals surface area (Å²) in [5.41, 5.74) is 2.41. The summed E-state index contributed by atoms with van der Waals surface area (Å²) in [6, 6.07) is 13.0. The summed E-state index contributed by atoms with van der Waals surface area (Å²) in [6.07, 6.45) is 0. The van der Waals surface area contributed by atoms with Gasteiger partial charge < -0.3 is 0 Å². The highest BCUT2D eigenvalue weighted by atomic mass is 127. The molecule has 0 N–H and O–H groups in total. The van der Waals surface area contributed by atoms with Crippen molar-refractivity contribution in [1.82, 2.24) is 9.55 Å². The number of hydrogen-bond acceptors (Lipinski definition) is 1. The average molecular weight is 401 g/mol. The quantitative estimate of drug-likeness (QED) is 0.434. The number of imidazole rings is 1. The van der Waals surface area contributed by atoms with Crippen molar-refractivity contribution in [2.24, 2.45) is 0 Å². The largest absolute Gasteiger partial charge is 0.295 e. The topological polar surface area (TPSA) is 17.8 Å². The molecular formula is C15H11ClFIN2. The van der Waals surface area contributed by atoms with E-state index < -0.39 is 0 Å². The van der Waals surface area contributed by atoms with Crippen LogP contribution in [0.2, 0.25) is 0 Å². The maximum absolute atomic E-state index is 13.9. The van der Waals surface area contributed by atoms with Gasteiger partial charge in [-0.2, -0.15) is 0 Å². The van der Waals surface area contributed by atoms with Crippen molar-refractivity contribution in [2.75, 3.05) is 0 Å². The first-order valence-corrected chi connectivity index (χ1v) is 7.66. The monoisotopic (exact) mass is 400 g/mol. The second-order valence-corrected chi connectivity index (χ2v) is 6.33. The Kier molecular flexibility index (Phi) is 3.69. The Morgan fingerprint density at radius 2 is 1.95 bits per heavy atom. The number of nitrogens with zero attached hydrogens (tertiary/aromatic N) is 2. The number of fused-ring (bicyclic) bond motifs is 1. The zero-order valence-electron chi connectivity index (χ0n) is 10.6. The standard InChI is InChI=1S/C15H11ClFIN2/c1-9(16)15-19-13-8-12(18)11(17)7-14(13)20(15)10-5-3-2-4-6-10/h2-9H,1H3. The van der Waals surface area contributed by atoms with Gasteiger partial charge in [-0.1, -0.05) is 18.2 Å². The third kappa shape index (κ3) is 2.31. The van der Waals surface area contributed by atoms with Crippen molar-refractivity contribution in [3.63, 3.8) is 0 Å². The fourth-order valence-corrected chi connectivity index (χ4v) is 2.80. The van der Waals surface area contributed by atoms with E-state index in [9.17, 15) is 4.39 Å². The lowest BCUT2D eigenvalue weighted by molar-refractivity contribution is 0.621. The molecule has 0 fully saturated rings. The molecule has 0 radical (unpaired) electrons. The fraction of sp³-hybridized carbons (Fsp3) is 0.133. The normalized spacial score (nSPS) is 12.8. The Balaban J connectivity index is 2.38. The molecule has 0 saturated carbocycles. The molecule has 1 atom stereocenters. The lowest BCUT2D eigenvalue weighted by Crippen LogP contribution is -2.01. The molecule has 0 saturated heterocycles. The molecule has 1 heterocycles. The number of alkyl halides is 1.